The SMILES string of the molecule is Cc1ccc(C(=O)CCC(=O)OC(C)C(=O)Nc2ccc(C#N)c(Cl)c2)cc1. The molecule has 6 nitrogen and oxygen atoms in total. The van der Waals surface area contributed by atoms with Gasteiger partial charge < -0.3 is 10.1 Å². The van der Waals surface area contributed by atoms with Crippen LogP contribution in [0.4, 0.5) is 5.69 Å². The number of hydrogen-bond acceptors (Lipinski definition) is 5. The number of aryl methyl sites for hydroxylation is 1. The molecule has 0 aliphatic carbocycles. The maximum Gasteiger partial charge on any atom is 0.307 e. The van der Waals surface area contributed by atoms with E-state index in [-0.39, 0.29) is 29.2 Å². The van der Waals surface area contributed by atoms with E-state index in [1.807, 2.05) is 25.1 Å². The fourth-order valence-corrected chi connectivity index (χ4v) is 2.56. The molecule has 1 N–H and O–H groups in total. The minimum Gasteiger partial charge on any atom is -0.453 e. The van der Waals surface area contributed by atoms with Crippen LogP contribution in [0, 0.1) is 18.3 Å². The van der Waals surface area contributed by atoms with Crippen LogP contribution in [0.1, 0.15) is 41.3 Å². The van der Waals surface area contributed by atoms with Gasteiger partial charge in [0.1, 0.15) is 6.07 Å². The molecule has 0 fully saturated rings. The molecule has 2 rings (SSSR count). The van der Waals surface area contributed by atoms with Crippen molar-refractivity contribution in [1.82, 2.24) is 0 Å². The predicted molar refractivity (Wildman–Crippen MR) is 105 cm³/mol. The number of ether oxygens (including phenoxy) is 1. The van der Waals surface area contributed by atoms with Crippen LogP contribution in [0.2, 0.25) is 5.02 Å². The summed E-state index contributed by atoms with van der Waals surface area (Å²) in [5, 5.41) is 11.6. The molecule has 0 heterocycles. The summed E-state index contributed by atoms with van der Waals surface area (Å²) in [5.41, 5.74) is 2.24. The summed E-state index contributed by atoms with van der Waals surface area (Å²) in [6, 6.07) is 13.4. The second-order valence-electron chi connectivity index (χ2n) is 6.22. The third kappa shape index (κ3) is 5.93. The summed E-state index contributed by atoms with van der Waals surface area (Å²) in [7, 11) is 0. The van der Waals surface area contributed by atoms with E-state index in [1.165, 1.54) is 25.1 Å². The third-order valence-electron chi connectivity index (χ3n) is 3.96. The number of amides is 1. The molecule has 0 aliphatic heterocycles. The van der Waals surface area contributed by atoms with Crippen molar-refractivity contribution in [2.24, 2.45) is 0 Å². The Labute approximate surface area is 168 Å². The number of nitriles is 1. The van der Waals surface area contributed by atoms with Gasteiger partial charge in [-0.25, -0.2) is 0 Å². The van der Waals surface area contributed by atoms with Crippen LogP contribution in [-0.2, 0) is 14.3 Å². The number of carbonyl (C=O) groups excluding carboxylic acids is 3. The lowest BCUT2D eigenvalue weighted by Crippen LogP contribution is -2.30. The topological polar surface area (TPSA) is 96.3 Å². The van der Waals surface area contributed by atoms with Crippen LogP contribution in [0.25, 0.3) is 0 Å². The van der Waals surface area contributed by atoms with Crippen molar-refractivity contribution in [3.05, 3.63) is 64.2 Å². The van der Waals surface area contributed by atoms with Gasteiger partial charge in [0, 0.05) is 17.7 Å². The lowest BCUT2D eigenvalue weighted by atomic mass is 10.1. The molecule has 0 saturated carbocycles. The molecular weight excluding hydrogens is 380 g/mol. The van der Waals surface area contributed by atoms with Crippen molar-refractivity contribution >= 4 is 34.9 Å². The van der Waals surface area contributed by atoms with E-state index in [4.69, 9.17) is 21.6 Å². The Morgan fingerprint density at radius 1 is 1.14 bits per heavy atom. The molecule has 2 aromatic rings. The molecule has 2 aromatic carbocycles. The van der Waals surface area contributed by atoms with Crippen molar-refractivity contribution in [1.29, 1.82) is 5.26 Å². The molecule has 1 amide bonds. The predicted octanol–water partition coefficient (Wildman–Crippen LogP) is 4.05. The maximum absolute atomic E-state index is 12.1. The van der Waals surface area contributed by atoms with Gasteiger partial charge in [-0.15, -0.1) is 0 Å². The van der Waals surface area contributed by atoms with Crippen LogP contribution < -0.4 is 5.32 Å². The Balaban J connectivity index is 1.83. The summed E-state index contributed by atoms with van der Waals surface area (Å²) in [6.45, 7) is 3.35. The number of halogens is 1. The number of nitrogens with zero attached hydrogens (tertiary/aromatic N) is 1. The monoisotopic (exact) mass is 398 g/mol. The largest absolute Gasteiger partial charge is 0.453 e. The first-order valence-electron chi connectivity index (χ1n) is 8.60. The number of ketones is 1. The van der Waals surface area contributed by atoms with E-state index < -0.39 is 18.0 Å². The number of Topliss-reactive ketones (excluding diaryl/α,β-unsaturated/α-hetero) is 1. The Morgan fingerprint density at radius 3 is 2.43 bits per heavy atom. The molecular formula is C21H19ClN2O4. The number of benzene rings is 2. The number of rotatable bonds is 7. The fourth-order valence-electron chi connectivity index (χ4n) is 2.34. The summed E-state index contributed by atoms with van der Waals surface area (Å²) in [5.74, 6) is -1.35. The molecule has 7 heteroatoms. The average Bonchev–Trinajstić information content (AvgIpc) is 2.66. The zero-order valence-corrected chi connectivity index (χ0v) is 16.2. The molecule has 0 aromatic heterocycles. The number of anilines is 1. The van der Waals surface area contributed by atoms with Gasteiger partial charge in [-0.3, -0.25) is 14.4 Å². The third-order valence-corrected chi connectivity index (χ3v) is 4.28. The van der Waals surface area contributed by atoms with Crippen LogP contribution in [-0.4, -0.2) is 23.8 Å². The molecule has 0 bridgehead atoms. The van der Waals surface area contributed by atoms with Crippen LogP contribution in [0.15, 0.2) is 42.5 Å². The Morgan fingerprint density at radius 2 is 1.82 bits per heavy atom. The highest BCUT2D eigenvalue weighted by atomic mass is 35.5. The molecule has 144 valence electrons. The van der Waals surface area contributed by atoms with Crippen LogP contribution in [0.3, 0.4) is 0 Å². The Bertz CT molecular complexity index is 932. The minimum absolute atomic E-state index is 0.00145. The van der Waals surface area contributed by atoms with E-state index in [1.54, 1.807) is 12.1 Å². The number of esters is 1. The van der Waals surface area contributed by atoms with Gasteiger partial charge in [0.05, 0.1) is 17.0 Å². The summed E-state index contributed by atoms with van der Waals surface area (Å²) in [6.07, 6.45) is -1.16. The number of carbonyl (C=O) groups is 3. The van der Waals surface area contributed by atoms with E-state index in [0.29, 0.717) is 11.3 Å². The van der Waals surface area contributed by atoms with Gasteiger partial charge >= 0.3 is 5.97 Å². The van der Waals surface area contributed by atoms with Crippen molar-refractivity contribution in [3.63, 3.8) is 0 Å². The van der Waals surface area contributed by atoms with Gasteiger partial charge in [-0.2, -0.15) is 5.26 Å². The molecule has 0 aliphatic rings. The molecule has 0 saturated heterocycles. The zero-order chi connectivity index (χ0) is 20.7. The van der Waals surface area contributed by atoms with Gasteiger partial charge in [0.2, 0.25) is 0 Å². The molecule has 1 unspecified atom stereocenters. The number of nitrogens with one attached hydrogen (secondary N) is 1. The summed E-state index contributed by atoms with van der Waals surface area (Å²) >= 11 is 5.92. The van der Waals surface area contributed by atoms with Crippen LogP contribution >= 0.6 is 11.6 Å². The smallest absolute Gasteiger partial charge is 0.307 e. The first kappa shape index (κ1) is 21.1. The van der Waals surface area contributed by atoms with E-state index >= 15 is 0 Å². The van der Waals surface area contributed by atoms with Crippen LogP contribution in [0.5, 0.6) is 0 Å². The standard InChI is InChI=1S/C21H19ClN2O4/c1-13-3-5-15(6-4-13)19(25)9-10-20(26)28-14(2)21(27)24-17-8-7-16(12-23)18(22)11-17/h3-8,11,14H,9-10H2,1-2H3,(H,24,27). The Hall–Kier alpha value is -3.17. The maximum atomic E-state index is 12.1. The summed E-state index contributed by atoms with van der Waals surface area (Å²) in [4.78, 5) is 36.2. The normalized spacial score (nSPS) is 11.2. The van der Waals surface area contributed by atoms with Crippen molar-refractivity contribution in [2.45, 2.75) is 32.8 Å². The number of hydrogen-bond donors (Lipinski definition) is 1. The highest BCUT2D eigenvalue weighted by Crippen LogP contribution is 2.20. The molecule has 28 heavy (non-hydrogen) atoms. The quantitative estimate of drug-likeness (QED) is 0.560. The Kier molecular flexibility index (Phi) is 7.30. The van der Waals surface area contributed by atoms with E-state index in [0.717, 1.165) is 5.56 Å². The first-order valence-corrected chi connectivity index (χ1v) is 8.98. The van der Waals surface area contributed by atoms with Gasteiger partial charge in [-0.05, 0) is 32.0 Å². The zero-order valence-electron chi connectivity index (χ0n) is 15.5. The average molecular weight is 399 g/mol. The molecule has 1 atom stereocenters. The van der Waals surface area contributed by atoms with Crippen molar-refractivity contribution in [3.8, 4) is 6.07 Å². The minimum atomic E-state index is -1.05. The lowest BCUT2D eigenvalue weighted by molar-refractivity contribution is -0.153. The highest BCUT2D eigenvalue weighted by Gasteiger charge is 2.19. The second-order valence-corrected chi connectivity index (χ2v) is 6.62. The molecule has 0 radical (unpaired) electrons. The van der Waals surface area contributed by atoms with Crippen molar-refractivity contribution in [2.75, 3.05) is 5.32 Å². The van der Waals surface area contributed by atoms with E-state index in [9.17, 15) is 14.4 Å². The highest BCUT2D eigenvalue weighted by molar-refractivity contribution is 6.32. The lowest BCUT2D eigenvalue weighted by Gasteiger charge is -2.14. The van der Waals surface area contributed by atoms with E-state index in [2.05, 4.69) is 5.32 Å². The first-order chi connectivity index (χ1) is 13.3. The second kappa shape index (κ2) is 9.67. The summed E-state index contributed by atoms with van der Waals surface area (Å²) < 4.78 is 5.08. The van der Waals surface area contributed by atoms with Crippen molar-refractivity contribution < 1.29 is 19.1 Å². The molecule has 0 spiro atoms. The fraction of sp³-hybridized carbons (Fsp3) is 0.238. The van der Waals surface area contributed by atoms with Gasteiger partial charge in [-0.1, -0.05) is 41.4 Å². The van der Waals surface area contributed by atoms with Gasteiger partial charge in [0.25, 0.3) is 5.91 Å². The van der Waals surface area contributed by atoms with Gasteiger partial charge in [0.15, 0.2) is 11.9 Å².